The first-order valence-electron chi connectivity index (χ1n) is 5.87. The highest BCUT2D eigenvalue weighted by atomic mass is 16.5. The maximum Gasteiger partial charge on any atom is 0.337 e. The van der Waals surface area contributed by atoms with Gasteiger partial charge in [0, 0.05) is 18.7 Å². The van der Waals surface area contributed by atoms with Crippen molar-refractivity contribution in [2.45, 2.75) is 19.8 Å². The van der Waals surface area contributed by atoms with Crippen LogP contribution in [-0.4, -0.2) is 31.8 Å². The second-order valence-corrected chi connectivity index (χ2v) is 3.84. The molecule has 0 saturated heterocycles. The van der Waals surface area contributed by atoms with E-state index >= 15 is 0 Å². The van der Waals surface area contributed by atoms with E-state index in [1.807, 2.05) is 0 Å². The summed E-state index contributed by atoms with van der Waals surface area (Å²) in [6, 6.07) is 3.12. The van der Waals surface area contributed by atoms with Crippen molar-refractivity contribution < 1.29 is 19.4 Å². The van der Waals surface area contributed by atoms with Crippen LogP contribution >= 0.6 is 0 Å². The Kier molecular flexibility index (Phi) is 5.30. The number of hydrogen-bond acceptors (Lipinski definition) is 4. The topological polar surface area (TPSA) is 67.8 Å². The number of ether oxygens (including phenoxy) is 2. The molecule has 0 radical (unpaired) electrons. The molecule has 1 rings (SSSR count). The second-order valence-electron chi connectivity index (χ2n) is 3.84. The molecule has 0 aliphatic carbocycles. The van der Waals surface area contributed by atoms with E-state index in [1.54, 1.807) is 6.07 Å². The minimum absolute atomic E-state index is 0.184. The fourth-order valence-electron chi connectivity index (χ4n) is 1.60. The van der Waals surface area contributed by atoms with Gasteiger partial charge in [-0.05, 0) is 6.42 Å². The lowest BCUT2D eigenvalue weighted by atomic mass is 10.1. The van der Waals surface area contributed by atoms with Crippen molar-refractivity contribution in [3.05, 3.63) is 17.7 Å². The van der Waals surface area contributed by atoms with Crippen molar-refractivity contribution >= 4 is 11.7 Å². The maximum absolute atomic E-state index is 11.2. The zero-order valence-electron chi connectivity index (χ0n) is 10.9. The number of carboxylic acids is 1. The first kappa shape index (κ1) is 14.2. The smallest absolute Gasteiger partial charge is 0.337 e. The van der Waals surface area contributed by atoms with Crippen molar-refractivity contribution in [2.24, 2.45) is 0 Å². The lowest BCUT2D eigenvalue weighted by molar-refractivity contribution is 0.0697. The summed E-state index contributed by atoms with van der Waals surface area (Å²) in [7, 11) is 3.00. The summed E-state index contributed by atoms with van der Waals surface area (Å²) in [4.78, 5) is 11.2. The van der Waals surface area contributed by atoms with Gasteiger partial charge in [0.1, 0.15) is 0 Å². The van der Waals surface area contributed by atoms with Crippen LogP contribution < -0.4 is 14.8 Å². The van der Waals surface area contributed by atoms with Gasteiger partial charge in [0.25, 0.3) is 0 Å². The van der Waals surface area contributed by atoms with Crippen LogP contribution in [0.25, 0.3) is 0 Å². The molecule has 0 aliphatic heterocycles. The van der Waals surface area contributed by atoms with Crippen LogP contribution in [0.2, 0.25) is 0 Å². The molecule has 0 amide bonds. The van der Waals surface area contributed by atoms with Crippen LogP contribution in [0.4, 0.5) is 5.69 Å². The molecule has 1 aromatic rings. The highest BCUT2D eigenvalue weighted by Gasteiger charge is 2.15. The van der Waals surface area contributed by atoms with Gasteiger partial charge in [0.2, 0.25) is 0 Å². The van der Waals surface area contributed by atoms with Gasteiger partial charge in [-0.1, -0.05) is 13.3 Å². The van der Waals surface area contributed by atoms with E-state index in [2.05, 4.69) is 12.2 Å². The number of benzene rings is 1. The molecule has 2 N–H and O–H groups in total. The number of anilines is 1. The Morgan fingerprint density at radius 2 is 1.89 bits per heavy atom. The number of rotatable bonds is 7. The number of carboxylic acid groups (broad SMARTS) is 1. The van der Waals surface area contributed by atoms with E-state index in [-0.39, 0.29) is 5.56 Å². The number of nitrogens with one attached hydrogen (secondary N) is 1. The summed E-state index contributed by atoms with van der Waals surface area (Å²) in [5, 5.41) is 12.3. The SMILES string of the molecule is CCCCNc1cc(OC)c(OC)cc1C(=O)O. The third kappa shape index (κ3) is 3.29. The highest BCUT2D eigenvalue weighted by Crippen LogP contribution is 2.33. The van der Waals surface area contributed by atoms with Gasteiger partial charge >= 0.3 is 5.97 Å². The van der Waals surface area contributed by atoms with E-state index in [0.717, 1.165) is 19.4 Å². The quantitative estimate of drug-likeness (QED) is 0.731. The number of carbonyl (C=O) groups is 1. The largest absolute Gasteiger partial charge is 0.493 e. The molecule has 0 bridgehead atoms. The first-order chi connectivity index (χ1) is 8.63. The van der Waals surface area contributed by atoms with Gasteiger partial charge in [-0.25, -0.2) is 4.79 Å². The molecule has 0 spiro atoms. The summed E-state index contributed by atoms with van der Waals surface area (Å²) in [5.74, 6) is -0.0626. The Labute approximate surface area is 107 Å². The minimum atomic E-state index is -0.991. The van der Waals surface area contributed by atoms with Crippen LogP contribution in [0.5, 0.6) is 11.5 Å². The normalized spacial score (nSPS) is 9.94. The average molecular weight is 253 g/mol. The van der Waals surface area contributed by atoms with Crippen LogP contribution in [0.1, 0.15) is 30.1 Å². The molecule has 0 fully saturated rings. The number of hydrogen-bond donors (Lipinski definition) is 2. The predicted molar refractivity (Wildman–Crippen MR) is 69.9 cm³/mol. The monoisotopic (exact) mass is 253 g/mol. The Balaban J connectivity index is 3.08. The Morgan fingerprint density at radius 3 is 2.39 bits per heavy atom. The van der Waals surface area contributed by atoms with Crippen LogP contribution in [0, 0.1) is 0 Å². The van der Waals surface area contributed by atoms with Crippen molar-refractivity contribution in [3.63, 3.8) is 0 Å². The van der Waals surface area contributed by atoms with Crippen LogP contribution in [0.3, 0.4) is 0 Å². The van der Waals surface area contributed by atoms with E-state index in [1.165, 1.54) is 20.3 Å². The zero-order valence-corrected chi connectivity index (χ0v) is 10.9. The zero-order chi connectivity index (χ0) is 13.5. The summed E-state index contributed by atoms with van der Waals surface area (Å²) < 4.78 is 10.3. The Bertz CT molecular complexity index is 418. The van der Waals surface area contributed by atoms with E-state index in [9.17, 15) is 4.79 Å². The van der Waals surface area contributed by atoms with Crippen LogP contribution in [0.15, 0.2) is 12.1 Å². The summed E-state index contributed by atoms with van der Waals surface area (Å²) in [5.41, 5.74) is 0.734. The molecule has 0 unspecified atom stereocenters. The van der Waals surface area contributed by atoms with Crippen molar-refractivity contribution in [1.29, 1.82) is 0 Å². The molecule has 0 aromatic heterocycles. The van der Waals surface area contributed by atoms with E-state index < -0.39 is 5.97 Å². The highest BCUT2D eigenvalue weighted by molar-refractivity contribution is 5.95. The van der Waals surface area contributed by atoms with Gasteiger partial charge in [-0.2, -0.15) is 0 Å². The molecule has 0 saturated carbocycles. The molecular weight excluding hydrogens is 234 g/mol. The van der Waals surface area contributed by atoms with Crippen LogP contribution in [-0.2, 0) is 0 Å². The molecule has 5 heteroatoms. The predicted octanol–water partition coefficient (Wildman–Crippen LogP) is 2.61. The van der Waals surface area contributed by atoms with Gasteiger partial charge in [-0.15, -0.1) is 0 Å². The number of unbranched alkanes of at least 4 members (excludes halogenated alkanes) is 1. The summed E-state index contributed by atoms with van der Waals surface area (Å²) >= 11 is 0. The maximum atomic E-state index is 11.2. The van der Waals surface area contributed by atoms with E-state index in [0.29, 0.717) is 17.2 Å². The second kappa shape index (κ2) is 6.74. The molecule has 18 heavy (non-hydrogen) atoms. The molecule has 1 aromatic carbocycles. The minimum Gasteiger partial charge on any atom is -0.493 e. The third-order valence-corrected chi connectivity index (χ3v) is 2.60. The molecule has 5 nitrogen and oxygen atoms in total. The first-order valence-corrected chi connectivity index (χ1v) is 5.87. The van der Waals surface area contributed by atoms with Crippen molar-refractivity contribution in [1.82, 2.24) is 0 Å². The van der Waals surface area contributed by atoms with Gasteiger partial charge in [-0.3, -0.25) is 0 Å². The van der Waals surface area contributed by atoms with Gasteiger partial charge < -0.3 is 19.9 Å². The Morgan fingerprint density at radius 1 is 1.28 bits per heavy atom. The Hall–Kier alpha value is -1.91. The standard InChI is InChI=1S/C13H19NO4/c1-4-5-6-14-10-8-12(18-3)11(17-2)7-9(10)13(15)16/h7-8,14H,4-6H2,1-3H3,(H,15,16). The van der Waals surface area contributed by atoms with E-state index in [4.69, 9.17) is 14.6 Å². The lowest BCUT2D eigenvalue weighted by Gasteiger charge is -2.14. The summed E-state index contributed by atoms with van der Waals surface area (Å²) in [6.07, 6.45) is 2.02. The molecule has 100 valence electrons. The third-order valence-electron chi connectivity index (χ3n) is 2.60. The molecular formula is C13H19NO4. The van der Waals surface area contributed by atoms with Gasteiger partial charge in [0.05, 0.1) is 25.5 Å². The molecule has 0 aliphatic rings. The number of aromatic carboxylic acids is 1. The average Bonchev–Trinajstić information content (AvgIpc) is 2.38. The fraction of sp³-hybridized carbons (Fsp3) is 0.462. The lowest BCUT2D eigenvalue weighted by Crippen LogP contribution is -2.08. The van der Waals surface area contributed by atoms with Gasteiger partial charge in [0.15, 0.2) is 11.5 Å². The number of methoxy groups -OCH3 is 2. The van der Waals surface area contributed by atoms with Crippen molar-refractivity contribution in [2.75, 3.05) is 26.1 Å². The van der Waals surface area contributed by atoms with Crippen molar-refractivity contribution in [3.8, 4) is 11.5 Å². The molecule has 0 heterocycles. The fourth-order valence-corrected chi connectivity index (χ4v) is 1.60. The molecule has 0 atom stereocenters. The summed E-state index contributed by atoms with van der Waals surface area (Å²) in [6.45, 7) is 2.81.